The van der Waals surface area contributed by atoms with Crippen LogP contribution in [-0.4, -0.2) is 12.1 Å². The van der Waals surface area contributed by atoms with E-state index in [0.29, 0.717) is 18.0 Å². The van der Waals surface area contributed by atoms with Crippen molar-refractivity contribution >= 4 is 6.03 Å². The zero-order chi connectivity index (χ0) is 13.7. The fourth-order valence-electron chi connectivity index (χ4n) is 2.84. The Labute approximate surface area is 115 Å². The molecule has 1 fully saturated rings. The van der Waals surface area contributed by atoms with Gasteiger partial charge >= 0.3 is 6.03 Å². The van der Waals surface area contributed by atoms with Crippen LogP contribution in [0.1, 0.15) is 45.1 Å². The summed E-state index contributed by atoms with van der Waals surface area (Å²) >= 11 is 0. The third-order valence-electron chi connectivity index (χ3n) is 3.84. The molecule has 2 N–H and O–H groups in total. The lowest BCUT2D eigenvalue weighted by molar-refractivity contribution is 0.191. The van der Waals surface area contributed by atoms with Gasteiger partial charge in [-0.2, -0.15) is 0 Å². The van der Waals surface area contributed by atoms with Crippen LogP contribution in [0.25, 0.3) is 0 Å². The monoisotopic (exact) mass is 260 g/mol. The zero-order valence-electron chi connectivity index (χ0n) is 11.9. The van der Waals surface area contributed by atoms with Crippen molar-refractivity contribution in [3.8, 4) is 0 Å². The van der Waals surface area contributed by atoms with E-state index in [1.807, 2.05) is 30.3 Å². The number of carbonyl (C=O) groups is 1. The molecule has 3 nitrogen and oxygen atoms in total. The minimum Gasteiger partial charge on any atom is -0.335 e. The van der Waals surface area contributed by atoms with Gasteiger partial charge in [0.25, 0.3) is 0 Å². The van der Waals surface area contributed by atoms with Crippen LogP contribution in [0.4, 0.5) is 4.79 Å². The highest BCUT2D eigenvalue weighted by Gasteiger charge is 2.28. The number of carbonyl (C=O) groups excluding carboxylic acids is 1. The van der Waals surface area contributed by atoms with E-state index in [1.165, 1.54) is 12.8 Å². The van der Waals surface area contributed by atoms with Gasteiger partial charge in [-0.3, -0.25) is 0 Å². The Hall–Kier alpha value is -1.51. The topological polar surface area (TPSA) is 41.1 Å². The largest absolute Gasteiger partial charge is 0.335 e. The molecule has 0 saturated heterocycles. The Morgan fingerprint density at radius 2 is 2.05 bits per heavy atom. The molecule has 1 atom stereocenters. The first-order valence-corrected chi connectivity index (χ1v) is 7.13. The number of hydrogen-bond donors (Lipinski definition) is 2. The van der Waals surface area contributed by atoms with E-state index in [9.17, 15) is 4.79 Å². The van der Waals surface area contributed by atoms with Crippen LogP contribution >= 0.6 is 0 Å². The predicted octanol–water partition coefficient (Wildman–Crippen LogP) is 3.45. The molecule has 1 aromatic carbocycles. The Bertz CT molecular complexity index is 414. The molecular weight excluding hydrogens is 236 g/mol. The van der Waals surface area contributed by atoms with Crippen molar-refractivity contribution in [2.75, 3.05) is 0 Å². The van der Waals surface area contributed by atoms with Crippen LogP contribution in [0.3, 0.4) is 0 Å². The summed E-state index contributed by atoms with van der Waals surface area (Å²) in [6, 6.07) is 10.3. The first-order chi connectivity index (χ1) is 9.05. The summed E-state index contributed by atoms with van der Waals surface area (Å²) in [5, 5.41) is 6.02. The first-order valence-electron chi connectivity index (χ1n) is 7.13. The highest BCUT2D eigenvalue weighted by molar-refractivity contribution is 5.74. The molecule has 2 amide bonds. The van der Waals surface area contributed by atoms with Crippen molar-refractivity contribution in [1.29, 1.82) is 0 Å². The maximum absolute atomic E-state index is 11.9. The van der Waals surface area contributed by atoms with Gasteiger partial charge in [0, 0.05) is 12.6 Å². The molecule has 1 aromatic rings. The van der Waals surface area contributed by atoms with Crippen molar-refractivity contribution in [3.63, 3.8) is 0 Å². The Morgan fingerprint density at radius 3 is 2.74 bits per heavy atom. The van der Waals surface area contributed by atoms with Gasteiger partial charge in [-0.25, -0.2) is 4.79 Å². The lowest BCUT2D eigenvalue weighted by atomic mass is 9.75. The molecule has 1 aliphatic rings. The van der Waals surface area contributed by atoms with Gasteiger partial charge in [0.1, 0.15) is 0 Å². The van der Waals surface area contributed by atoms with E-state index in [1.54, 1.807) is 0 Å². The van der Waals surface area contributed by atoms with Gasteiger partial charge in [0.15, 0.2) is 0 Å². The number of urea groups is 1. The molecule has 0 radical (unpaired) electrons. The summed E-state index contributed by atoms with van der Waals surface area (Å²) in [7, 11) is 0. The molecule has 3 heteroatoms. The van der Waals surface area contributed by atoms with Gasteiger partial charge in [-0.1, -0.05) is 50.6 Å². The quantitative estimate of drug-likeness (QED) is 0.858. The fourth-order valence-corrected chi connectivity index (χ4v) is 2.84. The van der Waals surface area contributed by atoms with Gasteiger partial charge < -0.3 is 10.6 Å². The van der Waals surface area contributed by atoms with Crippen molar-refractivity contribution in [2.45, 2.75) is 52.1 Å². The van der Waals surface area contributed by atoms with Crippen LogP contribution in [0.15, 0.2) is 30.3 Å². The summed E-state index contributed by atoms with van der Waals surface area (Å²) in [6.07, 6.45) is 4.64. The Kier molecular flexibility index (Phi) is 4.46. The van der Waals surface area contributed by atoms with Gasteiger partial charge in [-0.15, -0.1) is 0 Å². The van der Waals surface area contributed by atoms with E-state index >= 15 is 0 Å². The first kappa shape index (κ1) is 13.9. The minimum absolute atomic E-state index is 0.0495. The predicted molar refractivity (Wildman–Crippen MR) is 77.9 cm³/mol. The lowest BCUT2D eigenvalue weighted by Crippen LogP contribution is -2.45. The van der Waals surface area contributed by atoms with Crippen LogP contribution in [0.5, 0.6) is 0 Å². The van der Waals surface area contributed by atoms with E-state index in [0.717, 1.165) is 18.4 Å². The van der Waals surface area contributed by atoms with Gasteiger partial charge in [-0.05, 0) is 30.2 Å². The molecule has 1 unspecified atom stereocenters. The average molecular weight is 260 g/mol. The second-order valence-corrected chi connectivity index (χ2v) is 6.27. The summed E-state index contributed by atoms with van der Waals surface area (Å²) in [5.74, 6) is 0. The molecule has 1 aliphatic carbocycles. The maximum Gasteiger partial charge on any atom is 0.315 e. The molecule has 0 aliphatic heterocycles. The fraction of sp³-hybridized carbons (Fsp3) is 0.562. The van der Waals surface area contributed by atoms with Crippen LogP contribution in [-0.2, 0) is 6.54 Å². The van der Waals surface area contributed by atoms with E-state index in [2.05, 4.69) is 24.5 Å². The van der Waals surface area contributed by atoms with E-state index in [4.69, 9.17) is 0 Å². The highest BCUT2D eigenvalue weighted by atomic mass is 16.2. The van der Waals surface area contributed by atoms with Crippen molar-refractivity contribution < 1.29 is 4.79 Å². The van der Waals surface area contributed by atoms with E-state index in [-0.39, 0.29) is 6.03 Å². The number of hydrogen-bond acceptors (Lipinski definition) is 1. The van der Waals surface area contributed by atoms with Crippen molar-refractivity contribution in [3.05, 3.63) is 35.9 Å². The Balaban J connectivity index is 1.75. The average Bonchev–Trinajstić information content (AvgIpc) is 2.36. The summed E-state index contributed by atoms with van der Waals surface area (Å²) < 4.78 is 0. The van der Waals surface area contributed by atoms with Crippen LogP contribution < -0.4 is 10.6 Å². The number of rotatable bonds is 3. The molecule has 0 heterocycles. The van der Waals surface area contributed by atoms with E-state index < -0.39 is 0 Å². The summed E-state index contributed by atoms with van der Waals surface area (Å²) in [6.45, 7) is 5.15. The molecule has 0 spiro atoms. The third kappa shape index (κ3) is 4.58. The summed E-state index contributed by atoms with van der Waals surface area (Å²) in [5.41, 5.74) is 1.48. The standard InChI is InChI=1S/C16H24N2O/c1-16(2)10-6-9-14(11-16)18-15(19)17-12-13-7-4-3-5-8-13/h3-5,7-8,14H,6,9-12H2,1-2H3,(H2,17,18,19). The maximum atomic E-state index is 11.9. The highest BCUT2D eigenvalue weighted by Crippen LogP contribution is 2.34. The second kappa shape index (κ2) is 6.09. The molecular formula is C16H24N2O. The molecule has 2 rings (SSSR count). The molecule has 1 saturated carbocycles. The summed E-state index contributed by atoms with van der Waals surface area (Å²) in [4.78, 5) is 11.9. The lowest BCUT2D eigenvalue weighted by Gasteiger charge is -2.35. The van der Waals surface area contributed by atoms with Gasteiger partial charge in [0.2, 0.25) is 0 Å². The number of benzene rings is 1. The van der Waals surface area contributed by atoms with Crippen molar-refractivity contribution in [2.24, 2.45) is 5.41 Å². The van der Waals surface area contributed by atoms with Crippen LogP contribution in [0, 0.1) is 5.41 Å². The van der Waals surface area contributed by atoms with Gasteiger partial charge in [0.05, 0.1) is 0 Å². The number of nitrogens with one attached hydrogen (secondary N) is 2. The Morgan fingerprint density at radius 1 is 1.32 bits per heavy atom. The normalized spacial score (nSPS) is 21.7. The smallest absolute Gasteiger partial charge is 0.315 e. The molecule has 19 heavy (non-hydrogen) atoms. The number of amides is 2. The zero-order valence-corrected chi connectivity index (χ0v) is 11.9. The van der Waals surface area contributed by atoms with Crippen molar-refractivity contribution in [1.82, 2.24) is 10.6 Å². The molecule has 0 bridgehead atoms. The third-order valence-corrected chi connectivity index (χ3v) is 3.84. The molecule has 0 aromatic heterocycles. The minimum atomic E-state index is -0.0495. The SMILES string of the molecule is CC1(C)CCCC(NC(=O)NCc2ccccc2)C1. The second-order valence-electron chi connectivity index (χ2n) is 6.27. The molecule has 104 valence electrons. The van der Waals surface area contributed by atoms with Crippen LogP contribution in [0.2, 0.25) is 0 Å².